The summed E-state index contributed by atoms with van der Waals surface area (Å²) in [6.07, 6.45) is 1.33. The minimum atomic E-state index is -0.511. The number of amides is 1. The molecule has 0 bridgehead atoms. The smallest absolute Gasteiger partial charge is 0.251 e. The average Bonchev–Trinajstić information content (AvgIpc) is 2.82. The first-order valence-corrected chi connectivity index (χ1v) is 6.11. The number of rotatable bonds is 4. The molecule has 1 amide bonds. The molecule has 0 aliphatic carbocycles. The van der Waals surface area contributed by atoms with Crippen LogP contribution in [0.3, 0.4) is 0 Å². The third-order valence-corrected chi connectivity index (χ3v) is 3.06. The molecular formula is C14H18N2O2. The molecular weight excluding hydrogens is 228 g/mol. The molecule has 1 aromatic carbocycles. The van der Waals surface area contributed by atoms with Crippen LogP contribution in [0.15, 0.2) is 30.5 Å². The van der Waals surface area contributed by atoms with Gasteiger partial charge >= 0.3 is 0 Å². The van der Waals surface area contributed by atoms with E-state index in [1.807, 2.05) is 38.2 Å². The number of benzene rings is 1. The van der Waals surface area contributed by atoms with E-state index < -0.39 is 6.10 Å². The number of nitrogens with one attached hydrogen (secondary N) is 2. The number of hydrogen-bond donors (Lipinski definition) is 3. The number of aliphatic hydroxyl groups excluding tert-OH is 1. The molecule has 18 heavy (non-hydrogen) atoms. The molecule has 1 aromatic heterocycles. The second-order valence-electron chi connectivity index (χ2n) is 4.80. The number of aromatic amines is 1. The zero-order valence-corrected chi connectivity index (χ0v) is 10.6. The zero-order chi connectivity index (χ0) is 13.1. The maximum absolute atomic E-state index is 11.9. The lowest BCUT2D eigenvalue weighted by Crippen LogP contribution is -2.34. The van der Waals surface area contributed by atoms with Gasteiger partial charge in [0.1, 0.15) is 0 Å². The summed E-state index contributed by atoms with van der Waals surface area (Å²) in [6, 6.07) is 7.46. The molecule has 0 saturated carbocycles. The van der Waals surface area contributed by atoms with E-state index in [-0.39, 0.29) is 18.4 Å². The Kier molecular flexibility index (Phi) is 3.67. The standard InChI is InChI=1S/C14H18N2O2/c1-9(2)13(17)8-16-14(18)11-4-3-10-5-6-15-12(10)7-11/h3-7,9,13,15,17H,8H2,1-2H3,(H,16,18)/t13-/m1/s1. The molecule has 0 spiro atoms. The van der Waals surface area contributed by atoms with E-state index in [4.69, 9.17) is 0 Å². The van der Waals surface area contributed by atoms with Crippen molar-refractivity contribution in [1.29, 1.82) is 0 Å². The van der Waals surface area contributed by atoms with Gasteiger partial charge in [-0.25, -0.2) is 0 Å². The predicted octanol–water partition coefficient (Wildman–Crippen LogP) is 1.91. The van der Waals surface area contributed by atoms with Crippen molar-refractivity contribution in [2.24, 2.45) is 5.92 Å². The van der Waals surface area contributed by atoms with Crippen molar-refractivity contribution < 1.29 is 9.90 Å². The van der Waals surface area contributed by atoms with Crippen LogP contribution < -0.4 is 5.32 Å². The molecule has 2 rings (SSSR count). The van der Waals surface area contributed by atoms with E-state index >= 15 is 0 Å². The summed E-state index contributed by atoms with van der Waals surface area (Å²) >= 11 is 0. The van der Waals surface area contributed by atoms with Crippen molar-refractivity contribution in [2.45, 2.75) is 20.0 Å². The molecule has 4 heteroatoms. The molecule has 1 atom stereocenters. The molecule has 0 aliphatic heterocycles. The van der Waals surface area contributed by atoms with Crippen LogP contribution in [0.4, 0.5) is 0 Å². The van der Waals surface area contributed by atoms with Crippen LogP contribution in [0.25, 0.3) is 10.9 Å². The molecule has 0 unspecified atom stereocenters. The highest BCUT2D eigenvalue weighted by atomic mass is 16.3. The first-order valence-electron chi connectivity index (χ1n) is 6.11. The SMILES string of the molecule is CC(C)[C@H](O)CNC(=O)c1ccc2cc[nH]c2c1. The Morgan fingerprint density at radius 2 is 2.17 bits per heavy atom. The highest BCUT2D eigenvalue weighted by molar-refractivity contribution is 5.97. The third-order valence-electron chi connectivity index (χ3n) is 3.06. The molecule has 4 nitrogen and oxygen atoms in total. The Morgan fingerprint density at radius 1 is 1.39 bits per heavy atom. The van der Waals surface area contributed by atoms with Gasteiger partial charge in [-0.05, 0) is 29.5 Å². The van der Waals surface area contributed by atoms with Crippen LogP contribution in [0.1, 0.15) is 24.2 Å². The van der Waals surface area contributed by atoms with Crippen LogP contribution in [-0.2, 0) is 0 Å². The molecule has 96 valence electrons. The molecule has 2 aromatic rings. The monoisotopic (exact) mass is 246 g/mol. The van der Waals surface area contributed by atoms with E-state index in [0.717, 1.165) is 10.9 Å². The fourth-order valence-electron chi connectivity index (χ4n) is 1.72. The number of carbonyl (C=O) groups is 1. The van der Waals surface area contributed by atoms with E-state index in [1.54, 1.807) is 6.07 Å². The lowest BCUT2D eigenvalue weighted by atomic mass is 10.1. The van der Waals surface area contributed by atoms with Gasteiger partial charge in [0.05, 0.1) is 6.10 Å². The Morgan fingerprint density at radius 3 is 2.89 bits per heavy atom. The number of aliphatic hydroxyl groups is 1. The lowest BCUT2D eigenvalue weighted by Gasteiger charge is -2.15. The Labute approximate surface area is 106 Å². The molecule has 1 heterocycles. The Balaban J connectivity index is 2.04. The van der Waals surface area contributed by atoms with Crippen molar-refractivity contribution in [1.82, 2.24) is 10.3 Å². The van der Waals surface area contributed by atoms with E-state index in [1.165, 1.54) is 0 Å². The van der Waals surface area contributed by atoms with Gasteiger partial charge in [-0.2, -0.15) is 0 Å². The van der Waals surface area contributed by atoms with Gasteiger partial charge in [-0.1, -0.05) is 19.9 Å². The maximum Gasteiger partial charge on any atom is 0.251 e. The summed E-state index contributed by atoms with van der Waals surface area (Å²) < 4.78 is 0. The lowest BCUT2D eigenvalue weighted by molar-refractivity contribution is 0.0871. The molecule has 0 radical (unpaired) electrons. The summed E-state index contributed by atoms with van der Waals surface area (Å²) in [7, 11) is 0. The van der Waals surface area contributed by atoms with Gasteiger partial charge in [-0.15, -0.1) is 0 Å². The first kappa shape index (κ1) is 12.6. The van der Waals surface area contributed by atoms with Crippen LogP contribution in [0.5, 0.6) is 0 Å². The third kappa shape index (κ3) is 2.71. The van der Waals surface area contributed by atoms with E-state index in [0.29, 0.717) is 5.56 Å². The summed E-state index contributed by atoms with van der Waals surface area (Å²) in [5.74, 6) is -0.0256. The topological polar surface area (TPSA) is 65.1 Å². The van der Waals surface area contributed by atoms with Crippen LogP contribution >= 0.6 is 0 Å². The summed E-state index contributed by atoms with van der Waals surface area (Å²) in [5.41, 5.74) is 1.54. The highest BCUT2D eigenvalue weighted by Gasteiger charge is 2.12. The molecule has 0 aliphatic rings. The van der Waals surface area contributed by atoms with Gasteiger partial charge in [0.25, 0.3) is 5.91 Å². The second kappa shape index (κ2) is 5.23. The van der Waals surface area contributed by atoms with Crippen molar-refractivity contribution in [3.63, 3.8) is 0 Å². The van der Waals surface area contributed by atoms with Gasteiger partial charge < -0.3 is 15.4 Å². The van der Waals surface area contributed by atoms with Gasteiger partial charge in [0.2, 0.25) is 0 Å². The number of carbonyl (C=O) groups excluding carboxylic acids is 1. The van der Waals surface area contributed by atoms with Crippen molar-refractivity contribution in [2.75, 3.05) is 6.54 Å². The predicted molar refractivity (Wildman–Crippen MR) is 71.5 cm³/mol. The Bertz CT molecular complexity index is 545. The van der Waals surface area contributed by atoms with Gasteiger partial charge in [-0.3, -0.25) is 4.79 Å². The van der Waals surface area contributed by atoms with Crippen molar-refractivity contribution in [3.8, 4) is 0 Å². The van der Waals surface area contributed by atoms with Crippen LogP contribution in [-0.4, -0.2) is 28.6 Å². The summed E-state index contributed by atoms with van der Waals surface area (Å²) in [5, 5.41) is 13.5. The number of aromatic nitrogens is 1. The minimum Gasteiger partial charge on any atom is -0.391 e. The quantitative estimate of drug-likeness (QED) is 0.771. The highest BCUT2D eigenvalue weighted by Crippen LogP contribution is 2.14. The second-order valence-corrected chi connectivity index (χ2v) is 4.80. The first-order chi connectivity index (χ1) is 8.58. The molecule has 3 N–H and O–H groups in total. The number of fused-ring (bicyclic) bond motifs is 1. The Hall–Kier alpha value is -1.81. The maximum atomic E-state index is 11.9. The van der Waals surface area contributed by atoms with Crippen molar-refractivity contribution in [3.05, 3.63) is 36.0 Å². The summed E-state index contributed by atoms with van der Waals surface area (Å²) in [6.45, 7) is 4.11. The normalized spacial score (nSPS) is 12.9. The van der Waals surface area contributed by atoms with Crippen LogP contribution in [0.2, 0.25) is 0 Å². The largest absolute Gasteiger partial charge is 0.391 e. The fourth-order valence-corrected chi connectivity index (χ4v) is 1.72. The van der Waals surface area contributed by atoms with E-state index in [2.05, 4.69) is 10.3 Å². The zero-order valence-electron chi connectivity index (χ0n) is 10.6. The van der Waals surface area contributed by atoms with Crippen LogP contribution in [0, 0.1) is 5.92 Å². The fraction of sp³-hybridized carbons (Fsp3) is 0.357. The van der Waals surface area contributed by atoms with Crippen molar-refractivity contribution >= 4 is 16.8 Å². The number of hydrogen-bond acceptors (Lipinski definition) is 2. The van der Waals surface area contributed by atoms with Gasteiger partial charge in [0.15, 0.2) is 0 Å². The van der Waals surface area contributed by atoms with Gasteiger partial charge in [0, 0.05) is 23.8 Å². The summed E-state index contributed by atoms with van der Waals surface area (Å²) in [4.78, 5) is 15.0. The van der Waals surface area contributed by atoms with E-state index in [9.17, 15) is 9.90 Å². The minimum absolute atomic E-state index is 0.135. The average molecular weight is 246 g/mol. The molecule has 0 saturated heterocycles. The number of H-pyrrole nitrogens is 1. The molecule has 0 fully saturated rings.